The predicted molar refractivity (Wildman–Crippen MR) is 86.5 cm³/mol. The fourth-order valence-electron chi connectivity index (χ4n) is 2.36. The molecule has 0 aliphatic carbocycles. The minimum atomic E-state index is -1.53. The summed E-state index contributed by atoms with van der Waals surface area (Å²) >= 11 is 5.86. The molecule has 23 heavy (non-hydrogen) atoms. The smallest absolute Gasteiger partial charge is 0.334 e. The number of carbonyl (C=O) groups excluding carboxylic acids is 1. The number of benzene rings is 1. The minimum Gasteiger partial charge on any atom is -0.479 e. The van der Waals surface area contributed by atoms with Crippen LogP contribution < -0.4 is 5.32 Å². The zero-order valence-corrected chi connectivity index (χ0v) is 13.9. The van der Waals surface area contributed by atoms with Crippen molar-refractivity contribution < 1.29 is 14.7 Å². The molecule has 1 unspecified atom stereocenters. The number of aliphatic carboxylic acids is 1. The number of halogens is 1. The SMILES string of the molecule is CCC(NC(=O)c1cc(C)n(C)n1)(C(=O)O)c1ccc(Cl)cc1. The molecule has 7 heteroatoms. The lowest BCUT2D eigenvalue weighted by atomic mass is 9.87. The lowest BCUT2D eigenvalue weighted by Gasteiger charge is -2.29. The number of nitrogens with zero attached hydrogens (tertiary/aromatic N) is 2. The highest BCUT2D eigenvalue weighted by Gasteiger charge is 2.40. The third-order valence-electron chi connectivity index (χ3n) is 3.91. The summed E-state index contributed by atoms with van der Waals surface area (Å²) < 4.78 is 1.56. The summed E-state index contributed by atoms with van der Waals surface area (Å²) in [5, 5.41) is 16.9. The van der Waals surface area contributed by atoms with Crippen molar-refractivity contribution in [2.75, 3.05) is 0 Å². The molecule has 0 fully saturated rings. The zero-order valence-electron chi connectivity index (χ0n) is 13.1. The van der Waals surface area contributed by atoms with Crippen LogP contribution in [0.15, 0.2) is 30.3 Å². The van der Waals surface area contributed by atoms with Crippen molar-refractivity contribution in [1.82, 2.24) is 15.1 Å². The Morgan fingerprint density at radius 2 is 1.96 bits per heavy atom. The molecule has 0 saturated heterocycles. The molecule has 0 aliphatic heterocycles. The molecule has 2 N–H and O–H groups in total. The van der Waals surface area contributed by atoms with Gasteiger partial charge in [-0.3, -0.25) is 9.48 Å². The number of aromatic nitrogens is 2. The van der Waals surface area contributed by atoms with Gasteiger partial charge in [0.15, 0.2) is 5.54 Å². The van der Waals surface area contributed by atoms with Gasteiger partial charge in [-0.2, -0.15) is 5.10 Å². The van der Waals surface area contributed by atoms with Gasteiger partial charge in [0.1, 0.15) is 5.69 Å². The maximum atomic E-state index is 12.5. The topological polar surface area (TPSA) is 84.2 Å². The number of rotatable bonds is 5. The Hall–Kier alpha value is -2.34. The largest absolute Gasteiger partial charge is 0.479 e. The molecule has 1 atom stereocenters. The molecule has 0 saturated carbocycles. The second-order valence-electron chi connectivity index (χ2n) is 5.32. The molecule has 0 bridgehead atoms. The summed E-state index contributed by atoms with van der Waals surface area (Å²) in [5.74, 6) is -1.67. The van der Waals surface area contributed by atoms with Crippen LogP contribution in [0.4, 0.5) is 0 Å². The van der Waals surface area contributed by atoms with E-state index in [9.17, 15) is 14.7 Å². The Labute approximate surface area is 139 Å². The average molecular weight is 336 g/mol. The number of carboxylic acids is 1. The Kier molecular flexibility index (Phi) is 4.75. The molecule has 0 radical (unpaired) electrons. The van der Waals surface area contributed by atoms with Crippen molar-refractivity contribution in [3.63, 3.8) is 0 Å². The van der Waals surface area contributed by atoms with Gasteiger partial charge in [0.05, 0.1) is 0 Å². The molecule has 2 rings (SSSR count). The third kappa shape index (κ3) is 3.22. The summed E-state index contributed by atoms with van der Waals surface area (Å²) in [6.45, 7) is 3.51. The van der Waals surface area contributed by atoms with E-state index in [0.717, 1.165) is 5.69 Å². The van der Waals surface area contributed by atoms with Crippen molar-refractivity contribution in [3.05, 3.63) is 52.3 Å². The van der Waals surface area contributed by atoms with Gasteiger partial charge in [-0.25, -0.2) is 4.79 Å². The first kappa shape index (κ1) is 17.0. The van der Waals surface area contributed by atoms with E-state index in [4.69, 9.17) is 11.6 Å². The highest BCUT2D eigenvalue weighted by Crippen LogP contribution is 2.27. The first-order valence-electron chi connectivity index (χ1n) is 7.12. The number of carbonyl (C=O) groups is 2. The molecule has 2 aromatic rings. The van der Waals surface area contributed by atoms with E-state index < -0.39 is 17.4 Å². The lowest BCUT2D eigenvalue weighted by Crippen LogP contribution is -2.51. The molecule has 122 valence electrons. The van der Waals surface area contributed by atoms with Crippen molar-refractivity contribution in [3.8, 4) is 0 Å². The normalized spacial score (nSPS) is 13.4. The Balaban J connectivity index is 2.41. The van der Waals surface area contributed by atoms with Crippen LogP contribution in [0.5, 0.6) is 0 Å². The van der Waals surface area contributed by atoms with Crippen LogP contribution in [0.1, 0.15) is 35.1 Å². The van der Waals surface area contributed by atoms with E-state index >= 15 is 0 Å². The summed E-state index contributed by atoms with van der Waals surface area (Å²) in [4.78, 5) is 24.4. The summed E-state index contributed by atoms with van der Waals surface area (Å²) in [6, 6.07) is 8.01. The van der Waals surface area contributed by atoms with Crippen molar-refractivity contribution in [2.45, 2.75) is 25.8 Å². The fraction of sp³-hybridized carbons (Fsp3) is 0.312. The van der Waals surface area contributed by atoms with Crippen LogP contribution in [0.3, 0.4) is 0 Å². The van der Waals surface area contributed by atoms with Crippen LogP contribution >= 0.6 is 11.6 Å². The molecule has 0 aliphatic rings. The van der Waals surface area contributed by atoms with Crippen molar-refractivity contribution >= 4 is 23.5 Å². The van der Waals surface area contributed by atoms with Crippen LogP contribution in [-0.4, -0.2) is 26.8 Å². The van der Waals surface area contributed by atoms with Crippen LogP contribution in [0, 0.1) is 6.92 Å². The van der Waals surface area contributed by atoms with E-state index in [0.29, 0.717) is 10.6 Å². The molecule has 1 heterocycles. The molecular weight excluding hydrogens is 318 g/mol. The van der Waals surface area contributed by atoms with Crippen molar-refractivity contribution in [2.24, 2.45) is 7.05 Å². The molecular formula is C16H18ClN3O3. The molecule has 6 nitrogen and oxygen atoms in total. The van der Waals surface area contributed by atoms with E-state index in [1.165, 1.54) is 0 Å². The second-order valence-corrected chi connectivity index (χ2v) is 5.76. The minimum absolute atomic E-state index is 0.179. The van der Waals surface area contributed by atoms with E-state index in [1.807, 2.05) is 6.92 Å². The van der Waals surface area contributed by atoms with Gasteiger partial charge in [-0.15, -0.1) is 0 Å². The van der Waals surface area contributed by atoms with E-state index in [2.05, 4.69) is 10.4 Å². The average Bonchev–Trinajstić information content (AvgIpc) is 2.85. The summed E-state index contributed by atoms with van der Waals surface area (Å²) in [7, 11) is 1.72. The second kappa shape index (κ2) is 6.42. The van der Waals surface area contributed by atoms with Gasteiger partial charge in [0, 0.05) is 17.8 Å². The number of hydrogen-bond acceptors (Lipinski definition) is 3. The quantitative estimate of drug-likeness (QED) is 0.879. The number of hydrogen-bond donors (Lipinski definition) is 2. The monoisotopic (exact) mass is 335 g/mol. The highest BCUT2D eigenvalue weighted by molar-refractivity contribution is 6.30. The summed E-state index contributed by atoms with van der Waals surface area (Å²) in [6.07, 6.45) is 0.182. The molecule has 1 amide bonds. The maximum absolute atomic E-state index is 12.5. The third-order valence-corrected chi connectivity index (χ3v) is 4.16. The van der Waals surface area contributed by atoms with Gasteiger partial charge >= 0.3 is 5.97 Å². The Bertz CT molecular complexity index is 720. The van der Waals surface area contributed by atoms with Gasteiger partial charge < -0.3 is 10.4 Å². The fourth-order valence-corrected chi connectivity index (χ4v) is 2.48. The zero-order chi connectivity index (χ0) is 17.2. The number of carboxylic acid groups (broad SMARTS) is 1. The van der Waals surface area contributed by atoms with Crippen LogP contribution in [0.2, 0.25) is 5.02 Å². The van der Waals surface area contributed by atoms with Crippen molar-refractivity contribution in [1.29, 1.82) is 0 Å². The Morgan fingerprint density at radius 3 is 2.39 bits per heavy atom. The highest BCUT2D eigenvalue weighted by atomic mass is 35.5. The predicted octanol–water partition coefficient (Wildman–Crippen LogP) is 2.50. The number of amides is 1. The van der Waals surface area contributed by atoms with E-state index in [-0.39, 0.29) is 12.1 Å². The molecule has 1 aromatic heterocycles. The van der Waals surface area contributed by atoms with Gasteiger partial charge in [-0.1, -0.05) is 30.7 Å². The standard InChI is InChI=1S/C16H18ClN3O3/c1-4-16(15(22)23,11-5-7-12(17)8-6-11)18-14(21)13-9-10(2)20(3)19-13/h5-9H,4H2,1-3H3,(H,18,21)(H,22,23). The molecule has 1 aromatic carbocycles. The Morgan fingerprint density at radius 1 is 1.35 bits per heavy atom. The first-order chi connectivity index (χ1) is 10.8. The number of aryl methyl sites for hydroxylation is 2. The lowest BCUT2D eigenvalue weighted by molar-refractivity contribution is -0.145. The van der Waals surface area contributed by atoms with Gasteiger partial charge in [0.2, 0.25) is 0 Å². The molecule has 0 spiro atoms. The summed E-state index contributed by atoms with van der Waals surface area (Å²) in [5.41, 5.74) is -0.0948. The van der Waals surface area contributed by atoms with E-state index in [1.54, 1.807) is 49.0 Å². The van der Waals surface area contributed by atoms with Crippen LogP contribution in [0.25, 0.3) is 0 Å². The first-order valence-corrected chi connectivity index (χ1v) is 7.50. The van der Waals surface area contributed by atoms with Gasteiger partial charge in [-0.05, 0) is 37.1 Å². The maximum Gasteiger partial charge on any atom is 0.334 e. The van der Waals surface area contributed by atoms with Crippen LogP contribution in [-0.2, 0) is 17.4 Å². The number of nitrogens with one attached hydrogen (secondary N) is 1. The van der Waals surface area contributed by atoms with Gasteiger partial charge in [0.25, 0.3) is 5.91 Å².